The van der Waals surface area contributed by atoms with Gasteiger partial charge in [0, 0.05) is 16.6 Å². The van der Waals surface area contributed by atoms with Crippen molar-refractivity contribution in [3.05, 3.63) is 40.0 Å². The van der Waals surface area contributed by atoms with Crippen LogP contribution in [0.2, 0.25) is 0 Å². The van der Waals surface area contributed by atoms with E-state index in [2.05, 4.69) is 31.4 Å². The summed E-state index contributed by atoms with van der Waals surface area (Å²) in [6.45, 7) is 3.00. The second-order valence-electron chi connectivity index (χ2n) is 3.80. The molecule has 0 spiro atoms. The molecule has 2 aromatic rings. The normalized spacial score (nSPS) is 10.6. The molecule has 1 aromatic carbocycles. The molecule has 0 atom stereocenters. The van der Waals surface area contributed by atoms with Crippen LogP contribution in [0, 0.1) is 6.92 Å². The van der Waals surface area contributed by atoms with Crippen LogP contribution in [0.4, 0.5) is 0 Å². The lowest BCUT2D eigenvalue weighted by molar-refractivity contribution is 0.362. The quantitative estimate of drug-likeness (QED) is 0.919. The standard InChI is InChI=1S/C12H14BrN3O2/c1-8-15-12(18-16-8)7-14-6-9-5-10(13)3-4-11(9)17-2/h3-5,14H,6-7H2,1-2H3. The van der Waals surface area contributed by atoms with Gasteiger partial charge in [0.05, 0.1) is 13.7 Å². The van der Waals surface area contributed by atoms with Crippen molar-refractivity contribution in [2.45, 2.75) is 20.0 Å². The lowest BCUT2D eigenvalue weighted by Gasteiger charge is -2.09. The van der Waals surface area contributed by atoms with Crippen LogP contribution in [0.1, 0.15) is 17.3 Å². The predicted octanol–water partition coefficient (Wildman–Crippen LogP) is 2.44. The second kappa shape index (κ2) is 5.97. The molecule has 0 saturated heterocycles. The molecule has 5 nitrogen and oxygen atoms in total. The van der Waals surface area contributed by atoms with Gasteiger partial charge in [0.2, 0.25) is 5.89 Å². The number of ether oxygens (including phenoxy) is 1. The molecule has 18 heavy (non-hydrogen) atoms. The third kappa shape index (κ3) is 3.30. The Morgan fingerprint density at radius 3 is 2.89 bits per heavy atom. The molecular formula is C12H14BrN3O2. The van der Waals surface area contributed by atoms with Crippen LogP contribution in [-0.2, 0) is 13.1 Å². The minimum absolute atomic E-state index is 0.538. The highest BCUT2D eigenvalue weighted by atomic mass is 79.9. The van der Waals surface area contributed by atoms with Crippen LogP contribution in [0.15, 0.2) is 27.2 Å². The number of methoxy groups -OCH3 is 1. The first-order valence-electron chi connectivity index (χ1n) is 5.51. The van der Waals surface area contributed by atoms with E-state index < -0.39 is 0 Å². The van der Waals surface area contributed by atoms with E-state index in [4.69, 9.17) is 9.26 Å². The Bertz CT molecular complexity index is 528. The maximum absolute atomic E-state index is 5.29. The number of nitrogens with zero attached hydrogens (tertiary/aromatic N) is 2. The minimum atomic E-state index is 0.538. The molecule has 0 bridgehead atoms. The maximum atomic E-state index is 5.29. The Labute approximate surface area is 114 Å². The van der Waals surface area contributed by atoms with Gasteiger partial charge in [-0.05, 0) is 25.1 Å². The summed E-state index contributed by atoms with van der Waals surface area (Å²) in [7, 11) is 1.66. The van der Waals surface area contributed by atoms with E-state index in [1.807, 2.05) is 18.2 Å². The van der Waals surface area contributed by atoms with Gasteiger partial charge in [-0.3, -0.25) is 0 Å². The summed E-state index contributed by atoms with van der Waals surface area (Å²) in [6, 6.07) is 5.90. The first kappa shape index (κ1) is 13.0. The minimum Gasteiger partial charge on any atom is -0.496 e. The Kier molecular flexibility index (Phi) is 4.33. The van der Waals surface area contributed by atoms with Gasteiger partial charge in [-0.1, -0.05) is 21.1 Å². The summed E-state index contributed by atoms with van der Waals surface area (Å²) in [5.41, 5.74) is 1.07. The molecule has 1 heterocycles. The average Bonchev–Trinajstić information content (AvgIpc) is 2.75. The van der Waals surface area contributed by atoms with Gasteiger partial charge in [-0.15, -0.1) is 0 Å². The van der Waals surface area contributed by atoms with Gasteiger partial charge in [-0.2, -0.15) is 4.98 Å². The monoisotopic (exact) mass is 311 g/mol. The van der Waals surface area contributed by atoms with Crippen molar-refractivity contribution in [2.75, 3.05) is 7.11 Å². The lowest BCUT2D eigenvalue weighted by atomic mass is 10.2. The molecule has 0 amide bonds. The van der Waals surface area contributed by atoms with Gasteiger partial charge in [0.15, 0.2) is 5.82 Å². The highest BCUT2D eigenvalue weighted by Crippen LogP contribution is 2.22. The van der Waals surface area contributed by atoms with Crippen molar-refractivity contribution in [3.8, 4) is 5.75 Å². The molecule has 96 valence electrons. The molecule has 0 aliphatic heterocycles. The van der Waals surface area contributed by atoms with Crippen molar-refractivity contribution < 1.29 is 9.26 Å². The molecule has 0 saturated carbocycles. The van der Waals surface area contributed by atoms with E-state index in [-0.39, 0.29) is 0 Å². The molecule has 0 aliphatic rings. The Morgan fingerprint density at radius 1 is 1.39 bits per heavy atom. The first-order valence-corrected chi connectivity index (χ1v) is 6.30. The summed E-state index contributed by atoms with van der Waals surface area (Å²) in [5.74, 6) is 2.08. The number of hydrogen-bond acceptors (Lipinski definition) is 5. The average molecular weight is 312 g/mol. The largest absolute Gasteiger partial charge is 0.496 e. The van der Waals surface area contributed by atoms with Gasteiger partial charge >= 0.3 is 0 Å². The smallest absolute Gasteiger partial charge is 0.240 e. The van der Waals surface area contributed by atoms with Crippen LogP contribution < -0.4 is 10.1 Å². The molecule has 0 radical (unpaired) electrons. The lowest BCUT2D eigenvalue weighted by Crippen LogP contribution is -2.13. The Hall–Kier alpha value is -1.40. The van der Waals surface area contributed by atoms with Crippen LogP contribution in [0.3, 0.4) is 0 Å². The van der Waals surface area contributed by atoms with E-state index >= 15 is 0 Å². The highest BCUT2D eigenvalue weighted by Gasteiger charge is 2.05. The zero-order valence-electron chi connectivity index (χ0n) is 10.2. The summed E-state index contributed by atoms with van der Waals surface area (Å²) in [5, 5.41) is 6.97. The number of aryl methyl sites for hydroxylation is 1. The third-order valence-electron chi connectivity index (χ3n) is 2.40. The Morgan fingerprint density at radius 2 is 2.22 bits per heavy atom. The number of aromatic nitrogens is 2. The molecule has 1 aromatic heterocycles. The number of halogens is 1. The third-order valence-corrected chi connectivity index (χ3v) is 2.90. The molecule has 0 aliphatic carbocycles. The van der Waals surface area contributed by atoms with Crippen LogP contribution in [0.25, 0.3) is 0 Å². The van der Waals surface area contributed by atoms with Crippen molar-refractivity contribution in [1.29, 1.82) is 0 Å². The highest BCUT2D eigenvalue weighted by molar-refractivity contribution is 9.10. The number of hydrogen-bond donors (Lipinski definition) is 1. The van der Waals surface area contributed by atoms with Crippen LogP contribution in [-0.4, -0.2) is 17.3 Å². The first-order chi connectivity index (χ1) is 8.69. The molecule has 1 N–H and O–H groups in total. The molecule has 0 fully saturated rings. The number of nitrogens with one attached hydrogen (secondary N) is 1. The number of rotatable bonds is 5. The van der Waals surface area contributed by atoms with E-state index in [1.54, 1.807) is 14.0 Å². The zero-order chi connectivity index (χ0) is 13.0. The van der Waals surface area contributed by atoms with E-state index in [0.717, 1.165) is 15.8 Å². The van der Waals surface area contributed by atoms with Gasteiger partial charge < -0.3 is 14.6 Å². The van der Waals surface area contributed by atoms with E-state index in [0.29, 0.717) is 24.8 Å². The molecule has 2 rings (SSSR count). The summed E-state index contributed by atoms with van der Waals surface area (Å²) in [4.78, 5) is 4.12. The fraction of sp³-hybridized carbons (Fsp3) is 0.333. The van der Waals surface area contributed by atoms with E-state index in [9.17, 15) is 0 Å². The van der Waals surface area contributed by atoms with Crippen LogP contribution in [0.5, 0.6) is 5.75 Å². The summed E-state index contributed by atoms with van der Waals surface area (Å²) >= 11 is 3.44. The van der Waals surface area contributed by atoms with Gasteiger partial charge in [-0.25, -0.2) is 0 Å². The van der Waals surface area contributed by atoms with E-state index in [1.165, 1.54) is 0 Å². The molecule has 0 unspecified atom stereocenters. The molecule has 6 heteroatoms. The topological polar surface area (TPSA) is 60.2 Å². The summed E-state index contributed by atoms with van der Waals surface area (Å²) < 4.78 is 11.3. The van der Waals surface area contributed by atoms with Crippen molar-refractivity contribution in [3.63, 3.8) is 0 Å². The van der Waals surface area contributed by atoms with Crippen molar-refractivity contribution in [1.82, 2.24) is 15.5 Å². The maximum Gasteiger partial charge on any atom is 0.240 e. The Balaban J connectivity index is 1.95. The SMILES string of the molecule is COc1ccc(Br)cc1CNCc1nc(C)no1. The van der Waals surface area contributed by atoms with Crippen molar-refractivity contribution >= 4 is 15.9 Å². The second-order valence-corrected chi connectivity index (χ2v) is 4.71. The summed E-state index contributed by atoms with van der Waals surface area (Å²) in [6.07, 6.45) is 0. The predicted molar refractivity (Wildman–Crippen MR) is 70.3 cm³/mol. The fourth-order valence-corrected chi connectivity index (χ4v) is 2.01. The zero-order valence-corrected chi connectivity index (χ0v) is 11.8. The van der Waals surface area contributed by atoms with Gasteiger partial charge in [0.25, 0.3) is 0 Å². The van der Waals surface area contributed by atoms with Crippen molar-refractivity contribution in [2.24, 2.45) is 0 Å². The fourth-order valence-electron chi connectivity index (χ4n) is 1.60. The number of benzene rings is 1. The van der Waals surface area contributed by atoms with Crippen LogP contribution >= 0.6 is 15.9 Å². The van der Waals surface area contributed by atoms with Gasteiger partial charge in [0.1, 0.15) is 5.75 Å². The molecular weight excluding hydrogens is 298 g/mol.